The molecular weight excluding hydrogens is 172 g/mol. The van der Waals surface area contributed by atoms with Crippen LogP contribution in [0.1, 0.15) is 25.3 Å². The molecule has 14 heavy (non-hydrogen) atoms. The van der Waals surface area contributed by atoms with Gasteiger partial charge in [0.2, 0.25) is 0 Å². The highest BCUT2D eigenvalue weighted by atomic mass is 16.1. The van der Waals surface area contributed by atoms with Gasteiger partial charge in [0.15, 0.2) is 0 Å². The molecule has 0 heterocycles. The average Bonchev–Trinajstić information content (AvgIpc) is 2.94. The molecule has 1 heteroatoms. The molecule has 1 fully saturated rings. The zero-order valence-electron chi connectivity index (χ0n) is 8.57. The maximum absolute atomic E-state index is 11.1. The number of hydrogen-bond acceptors (Lipinski definition) is 1. The first-order chi connectivity index (χ1) is 6.80. The Hall–Kier alpha value is -1.11. The Morgan fingerprint density at radius 1 is 1.43 bits per heavy atom. The summed E-state index contributed by atoms with van der Waals surface area (Å²) in [7, 11) is 0. The van der Waals surface area contributed by atoms with Crippen LogP contribution in [0.25, 0.3) is 0 Å². The first kappa shape index (κ1) is 9.45. The quantitative estimate of drug-likeness (QED) is 0.664. The monoisotopic (exact) mass is 188 g/mol. The van der Waals surface area contributed by atoms with E-state index in [0.717, 1.165) is 19.3 Å². The normalized spacial score (nSPS) is 29.9. The van der Waals surface area contributed by atoms with Crippen molar-refractivity contribution in [2.45, 2.75) is 26.2 Å². The molecule has 0 N–H and O–H groups in total. The smallest absolute Gasteiger partial charge is 0.126 e. The lowest BCUT2D eigenvalue weighted by Crippen LogP contribution is -2.09. The van der Waals surface area contributed by atoms with Gasteiger partial charge in [-0.1, -0.05) is 43.7 Å². The van der Waals surface area contributed by atoms with Crippen molar-refractivity contribution in [1.29, 1.82) is 0 Å². The predicted molar refractivity (Wildman–Crippen MR) is 57.0 cm³/mol. The number of carbonyl (C=O) groups excluding carboxylic acids is 1. The molecule has 0 saturated heterocycles. The van der Waals surface area contributed by atoms with Gasteiger partial charge in [-0.25, -0.2) is 0 Å². The van der Waals surface area contributed by atoms with Crippen LogP contribution in [0.3, 0.4) is 0 Å². The third kappa shape index (κ3) is 1.59. The van der Waals surface area contributed by atoms with Crippen LogP contribution >= 0.6 is 0 Å². The zero-order valence-corrected chi connectivity index (χ0v) is 8.57. The largest absolute Gasteiger partial charge is 0.303 e. The van der Waals surface area contributed by atoms with E-state index in [1.54, 1.807) is 0 Å². The van der Waals surface area contributed by atoms with Crippen LogP contribution in [0.5, 0.6) is 0 Å². The van der Waals surface area contributed by atoms with E-state index in [9.17, 15) is 4.79 Å². The fraction of sp³-hybridized carbons (Fsp3) is 0.462. The third-order valence-corrected chi connectivity index (χ3v) is 3.38. The second-order valence-electron chi connectivity index (χ2n) is 4.32. The lowest BCUT2D eigenvalue weighted by Gasteiger charge is -2.08. The molecule has 0 spiro atoms. The molecule has 1 saturated carbocycles. The summed E-state index contributed by atoms with van der Waals surface area (Å²) >= 11 is 0. The molecule has 74 valence electrons. The Balaban J connectivity index is 2.08. The summed E-state index contributed by atoms with van der Waals surface area (Å²) in [5.74, 6) is 0.625. The van der Waals surface area contributed by atoms with Crippen molar-refractivity contribution in [2.75, 3.05) is 0 Å². The van der Waals surface area contributed by atoms with Crippen LogP contribution in [0, 0.1) is 11.3 Å². The van der Waals surface area contributed by atoms with Gasteiger partial charge in [-0.2, -0.15) is 0 Å². The number of benzene rings is 1. The fourth-order valence-corrected chi connectivity index (χ4v) is 2.33. The second-order valence-corrected chi connectivity index (χ2v) is 4.32. The van der Waals surface area contributed by atoms with Crippen LogP contribution in [-0.2, 0) is 11.2 Å². The van der Waals surface area contributed by atoms with Gasteiger partial charge in [-0.3, -0.25) is 0 Å². The standard InChI is InChI=1S/C13H16O/c1-2-12-9-13(12,10-14)8-11-6-4-3-5-7-11/h3-7,10,12H,2,8-9H2,1H3/t12-,13-/m1/s1. The average molecular weight is 188 g/mol. The molecule has 1 aromatic rings. The predicted octanol–water partition coefficient (Wildman–Crippen LogP) is 2.84. The first-order valence-electron chi connectivity index (χ1n) is 5.31. The van der Waals surface area contributed by atoms with E-state index in [-0.39, 0.29) is 5.41 Å². The Kier molecular flexibility index (Phi) is 2.40. The third-order valence-electron chi connectivity index (χ3n) is 3.38. The lowest BCUT2D eigenvalue weighted by atomic mass is 9.95. The molecule has 0 aromatic heterocycles. The van der Waals surface area contributed by atoms with Crippen molar-refractivity contribution in [3.63, 3.8) is 0 Å². The number of hydrogen-bond donors (Lipinski definition) is 0. The van der Waals surface area contributed by atoms with Crippen LogP contribution in [0.4, 0.5) is 0 Å². The first-order valence-corrected chi connectivity index (χ1v) is 5.31. The van der Waals surface area contributed by atoms with E-state index >= 15 is 0 Å². The second kappa shape index (κ2) is 3.56. The van der Waals surface area contributed by atoms with Crippen molar-refractivity contribution >= 4 is 6.29 Å². The molecule has 1 nitrogen and oxygen atoms in total. The summed E-state index contributed by atoms with van der Waals surface area (Å²) < 4.78 is 0. The molecular formula is C13H16O. The Morgan fingerprint density at radius 2 is 2.14 bits per heavy atom. The summed E-state index contributed by atoms with van der Waals surface area (Å²) in [5.41, 5.74) is 1.27. The van der Waals surface area contributed by atoms with E-state index < -0.39 is 0 Å². The minimum absolute atomic E-state index is 0.0178. The Labute approximate surface area is 85.1 Å². The molecule has 0 radical (unpaired) electrons. The van der Waals surface area contributed by atoms with E-state index in [1.165, 1.54) is 11.8 Å². The van der Waals surface area contributed by atoms with Crippen molar-refractivity contribution in [1.82, 2.24) is 0 Å². The van der Waals surface area contributed by atoms with Crippen molar-refractivity contribution in [2.24, 2.45) is 11.3 Å². The van der Waals surface area contributed by atoms with Gasteiger partial charge in [-0.15, -0.1) is 0 Å². The molecule has 1 aliphatic carbocycles. The van der Waals surface area contributed by atoms with Crippen molar-refractivity contribution in [3.8, 4) is 0 Å². The molecule has 0 unspecified atom stereocenters. The maximum Gasteiger partial charge on any atom is 0.126 e. The molecule has 1 aliphatic rings. The van der Waals surface area contributed by atoms with Crippen LogP contribution in [0.15, 0.2) is 30.3 Å². The molecule has 2 atom stereocenters. The van der Waals surface area contributed by atoms with Gasteiger partial charge >= 0.3 is 0 Å². The van der Waals surface area contributed by atoms with Crippen LogP contribution in [-0.4, -0.2) is 6.29 Å². The highest BCUT2D eigenvalue weighted by Crippen LogP contribution is 2.54. The highest BCUT2D eigenvalue weighted by molar-refractivity contribution is 5.65. The summed E-state index contributed by atoms with van der Waals surface area (Å²) in [6, 6.07) is 10.3. The van der Waals surface area contributed by atoms with E-state index in [0.29, 0.717) is 5.92 Å². The minimum Gasteiger partial charge on any atom is -0.303 e. The Morgan fingerprint density at radius 3 is 2.64 bits per heavy atom. The number of aldehydes is 1. The van der Waals surface area contributed by atoms with Crippen molar-refractivity contribution < 1.29 is 4.79 Å². The van der Waals surface area contributed by atoms with E-state index in [2.05, 4.69) is 19.1 Å². The summed E-state index contributed by atoms with van der Waals surface area (Å²) in [6.07, 6.45) is 4.32. The molecule has 0 amide bonds. The summed E-state index contributed by atoms with van der Waals surface area (Å²) in [5, 5.41) is 0. The van der Waals surface area contributed by atoms with Gasteiger partial charge in [0.25, 0.3) is 0 Å². The molecule has 1 aromatic carbocycles. The van der Waals surface area contributed by atoms with Gasteiger partial charge < -0.3 is 4.79 Å². The number of carbonyl (C=O) groups is 1. The SMILES string of the molecule is CC[C@@H]1C[C@@]1(C=O)Cc1ccccc1. The highest BCUT2D eigenvalue weighted by Gasteiger charge is 2.52. The summed E-state index contributed by atoms with van der Waals surface area (Å²) in [4.78, 5) is 11.1. The molecule has 0 bridgehead atoms. The van der Waals surface area contributed by atoms with E-state index in [1.807, 2.05) is 18.2 Å². The zero-order chi connectivity index (χ0) is 10.0. The van der Waals surface area contributed by atoms with Gasteiger partial charge in [0.05, 0.1) is 0 Å². The van der Waals surface area contributed by atoms with Gasteiger partial charge in [0.1, 0.15) is 6.29 Å². The number of rotatable bonds is 4. The molecule has 0 aliphatic heterocycles. The lowest BCUT2D eigenvalue weighted by molar-refractivity contribution is -0.112. The van der Waals surface area contributed by atoms with Crippen LogP contribution in [0.2, 0.25) is 0 Å². The molecule has 2 rings (SSSR count). The topological polar surface area (TPSA) is 17.1 Å². The van der Waals surface area contributed by atoms with E-state index in [4.69, 9.17) is 0 Å². The Bertz CT molecular complexity index is 317. The van der Waals surface area contributed by atoms with Crippen LogP contribution < -0.4 is 0 Å². The minimum atomic E-state index is -0.0178. The van der Waals surface area contributed by atoms with Gasteiger partial charge in [-0.05, 0) is 24.3 Å². The van der Waals surface area contributed by atoms with Crippen molar-refractivity contribution in [3.05, 3.63) is 35.9 Å². The van der Waals surface area contributed by atoms with Gasteiger partial charge in [0, 0.05) is 5.41 Å². The fourth-order valence-electron chi connectivity index (χ4n) is 2.33. The summed E-state index contributed by atoms with van der Waals surface area (Å²) in [6.45, 7) is 2.17. The maximum atomic E-state index is 11.1.